The van der Waals surface area contributed by atoms with Gasteiger partial charge in [0.05, 0.1) is 9.92 Å². The lowest BCUT2D eigenvalue weighted by molar-refractivity contribution is -0.384. The molecule has 1 heterocycles. The van der Waals surface area contributed by atoms with Crippen LogP contribution in [0, 0.1) is 10.1 Å². The number of nitro groups is 1. The molecule has 2 aromatic rings. The summed E-state index contributed by atoms with van der Waals surface area (Å²) in [4.78, 5) is 10.3. The van der Waals surface area contributed by atoms with Crippen LogP contribution in [0.5, 0.6) is 0 Å². The molecule has 90 valence electrons. The lowest BCUT2D eigenvalue weighted by Crippen LogP contribution is -2.25. The molecule has 0 aliphatic carbocycles. The second-order valence-corrected chi connectivity index (χ2v) is 6.05. The number of nitrogens with one attached hydrogen (secondary N) is 1. The molecule has 0 atom stereocenters. The van der Waals surface area contributed by atoms with E-state index in [1.807, 2.05) is 6.07 Å². The van der Waals surface area contributed by atoms with Gasteiger partial charge in [-0.05, 0) is 32.9 Å². The van der Waals surface area contributed by atoms with Crippen molar-refractivity contribution in [2.75, 3.05) is 5.32 Å². The van der Waals surface area contributed by atoms with E-state index in [1.54, 1.807) is 29.5 Å². The fourth-order valence-corrected chi connectivity index (χ4v) is 2.73. The normalized spacial score (nSPS) is 11.7. The fourth-order valence-electron chi connectivity index (χ4n) is 1.58. The molecule has 0 saturated carbocycles. The van der Waals surface area contributed by atoms with Crippen molar-refractivity contribution >= 4 is 32.1 Å². The second kappa shape index (κ2) is 4.00. The van der Waals surface area contributed by atoms with E-state index in [0.29, 0.717) is 0 Å². The Balaban J connectivity index is 2.40. The van der Waals surface area contributed by atoms with Crippen LogP contribution in [0.25, 0.3) is 10.1 Å². The molecule has 0 aliphatic rings. The first-order chi connectivity index (χ1) is 7.85. The van der Waals surface area contributed by atoms with Crippen LogP contribution >= 0.6 is 11.3 Å². The van der Waals surface area contributed by atoms with Gasteiger partial charge in [-0.25, -0.2) is 0 Å². The first kappa shape index (κ1) is 11.9. The van der Waals surface area contributed by atoms with Crippen LogP contribution in [0.2, 0.25) is 0 Å². The van der Waals surface area contributed by atoms with Crippen molar-refractivity contribution in [3.8, 4) is 0 Å². The van der Waals surface area contributed by atoms with E-state index in [2.05, 4.69) is 26.1 Å². The van der Waals surface area contributed by atoms with Gasteiger partial charge in [-0.15, -0.1) is 11.3 Å². The van der Waals surface area contributed by atoms with Crippen molar-refractivity contribution in [3.63, 3.8) is 0 Å². The first-order valence-corrected chi connectivity index (χ1v) is 6.13. The summed E-state index contributed by atoms with van der Waals surface area (Å²) >= 11 is 1.61. The van der Waals surface area contributed by atoms with Crippen LogP contribution in [0.4, 0.5) is 10.7 Å². The van der Waals surface area contributed by atoms with Crippen LogP contribution in [0.3, 0.4) is 0 Å². The Morgan fingerprint density at radius 1 is 1.29 bits per heavy atom. The van der Waals surface area contributed by atoms with E-state index in [-0.39, 0.29) is 16.1 Å². The third kappa shape index (κ3) is 2.74. The van der Waals surface area contributed by atoms with Gasteiger partial charge in [-0.2, -0.15) is 0 Å². The summed E-state index contributed by atoms with van der Waals surface area (Å²) in [6.07, 6.45) is 0. The van der Waals surface area contributed by atoms with Crippen molar-refractivity contribution in [2.24, 2.45) is 0 Å². The molecule has 1 N–H and O–H groups in total. The lowest BCUT2D eigenvalue weighted by Gasteiger charge is -2.20. The number of benzene rings is 1. The zero-order chi connectivity index (χ0) is 12.6. The van der Waals surface area contributed by atoms with Gasteiger partial charge in [0.15, 0.2) is 0 Å². The van der Waals surface area contributed by atoms with E-state index in [0.717, 1.165) is 15.1 Å². The zero-order valence-electron chi connectivity index (χ0n) is 9.98. The minimum Gasteiger partial charge on any atom is -0.372 e. The predicted molar refractivity (Wildman–Crippen MR) is 71.9 cm³/mol. The molecule has 0 radical (unpaired) electrons. The van der Waals surface area contributed by atoms with E-state index >= 15 is 0 Å². The molecule has 0 spiro atoms. The van der Waals surface area contributed by atoms with Gasteiger partial charge in [0.25, 0.3) is 5.69 Å². The SMILES string of the molecule is CC(C)(C)Nc1cc2cc([N+](=O)[O-])ccc2s1. The highest BCUT2D eigenvalue weighted by atomic mass is 32.1. The van der Waals surface area contributed by atoms with Crippen molar-refractivity contribution in [3.05, 3.63) is 34.4 Å². The summed E-state index contributed by atoms with van der Waals surface area (Å²) in [5.41, 5.74) is 0.130. The quantitative estimate of drug-likeness (QED) is 0.647. The molecule has 1 aromatic heterocycles. The Hall–Kier alpha value is -1.62. The number of rotatable bonds is 2. The maximum Gasteiger partial charge on any atom is 0.270 e. The summed E-state index contributed by atoms with van der Waals surface area (Å²) in [7, 11) is 0. The van der Waals surface area contributed by atoms with Gasteiger partial charge in [-0.1, -0.05) is 0 Å². The smallest absolute Gasteiger partial charge is 0.270 e. The van der Waals surface area contributed by atoms with Gasteiger partial charge in [0, 0.05) is 27.8 Å². The molecule has 0 aliphatic heterocycles. The van der Waals surface area contributed by atoms with Crippen LogP contribution in [-0.4, -0.2) is 10.5 Å². The number of nitrogens with zero attached hydrogens (tertiary/aromatic N) is 1. The van der Waals surface area contributed by atoms with Crippen molar-refractivity contribution in [1.82, 2.24) is 0 Å². The van der Waals surface area contributed by atoms with Crippen LogP contribution < -0.4 is 5.32 Å². The van der Waals surface area contributed by atoms with Gasteiger partial charge in [0.1, 0.15) is 0 Å². The Labute approximate surface area is 103 Å². The number of hydrogen-bond acceptors (Lipinski definition) is 4. The molecule has 0 bridgehead atoms. The molecule has 2 rings (SSSR count). The van der Waals surface area contributed by atoms with Crippen molar-refractivity contribution in [1.29, 1.82) is 0 Å². The monoisotopic (exact) mass is 250 g/mol. The molecule has 0 fully saturated rings. The van der Waals surface area contributed by atoms with Gasteiger partial charge < -0.3 is 5.32 Å². The van der Waals surface area contributed by atoms with Crippen LogP contribution in [0.15, 0.2) is 24.3 Å². The zero-order valence-corrected chi connectivity index (χ0v) is 10.8. The molecule has 0 amide bonds. The fraction of sp³-hybridized carbons (Fsp3) is 0.333. The van der Waals surface area contributed by atoms with E-state index in [4.69, 9.17) is 0 Å². The Morgan fingerprint density at radius 2 is 2.00 bits per heavy atom. The van der Waals surface area contributed by atoms with Crippen molar-refractivity contribution in [2.45, 2.75) is 26.3 Å². The number of nitro benzene ring substituents is 1. The minimum absolute atomic E-state index is 0.00713. The van der Waals surface area contributed by atoms with Gasteiger partial charge in [0.2, 0.25) is 0 Å². The summed E-state index contributed by atoms with van der Waals surface area (Å²) in [6.45, 7) is 6.25. The van der Waals surface area contributed by atoms with E-state index in [1.165, 1.54) is 0 Å². The number of hydrogen-bond donors (Lipinski definition) is 1. The maximum atomic E-state index is 10.7. The molecule has 0 unspecified atom stereocenters. The lowest BCUT2D eigenvalue weighted by atomic mass is 10.1. The third-order valence-electron chi connectivity index (χ3n) is 2.21. The van der Waals surface area contributed by atoms with Gasteiger partial charge >= 0.3 is 0 Å². The molecule has 1 aromatic carbocycles. The third-order valence-corrected chi connectivity index (χ3v) is 3.24. The average molecular weight is 250 g/mol. The highest BCUT2D eigenvalue weighted by Gasteiger charge is 2.13. The number of fused-ring (bicyclic) bond motifs is 1. The first-order valence-electron chi connectivity index (χ1n) is 5.31. The Morgan fingerprint density at radius 3 is 2.59 bits per heavy atom. The predicted octanol–water partition coefficient (Wildman–Crippen LogP) is 4.02. The van der Waals surface area contributed by atoms with E-state index in [9.17, 15) is 10.1 Å². The molecular formula is C12H14N2O2S. The molecule has 5 heteroatoms. The molecule has 17 heavy (non-hydrogen) atoms. The molecular weight excluding hydrogens is 236 g/mol. The largest absolute Gasteiger partial charge is 0.372 e. The minimum atomic E-state index is -0.367. The molecule has 4 nitrogen and oxygen atoms in total. The van der Waals surface area contributed by atoms with Crippen LogP contribution in [0.1, 0.15) is 20.8 Å². The Bertz CT molecular complexity index is 569. The number of thiophene rings is 1. The summed E-state index contributed by atoms with van der Waals surface area (Å²) in [5, 5.41) is 16.0. The highest BCUT2D eigenvalue weighted by Crippen LogP contribution is 2.33. The number of anilines is 1. The molecule has 0 saturated heterocycles. The Kier molecular flexibility index (Phi) is 2.79. The highest BCUT2D eigenvalue weighted by molar-refractivity contribution is 7.22. The summed E-state index contributed by atoms with van der Waals surface area (Å²) < 4.78 is 1.06. The second-order valence-electron chi connectivity index (χ2n) is 4.96. The van der Waals surface area contributed by atoms with E-state index < -0.39 is 0 Å². The number of non-ortho nitro benzene ring substituents is 1. The standard InChI is InChI=1S/C12H14N2O2S/c1-12(2,3)13-11-7-8-6-9(14(15)16)4-5-10(8)17-11/h4-7,13H,1-3H3. The topological polar surface area (TPSA) is 55.2 Å². The average Bonchev–Trinajstić information content (AvgIpc) is 2.54. The van der Waals surface area contributed by atoms with Gasteiger partial charge in [-0.3, -0.25) is 10.1 Å². The summed E-state index contributed by atoms with van der Waals surface area (Å²) in [5.74, 6) is 0. The van der Waals surface area contributed by atoms with Crippen molar-refractivity contribution < 1.29 is 4.92 Å². The maximum absolute atomic E-state index is 10.7. The summed E-state index contributed by atoms with van der Waals surface area (Å²) in [6, 6.07) is 6.91. The van der Waals surface area contributed by atoms with Crippen LogP contribution in [-0.2, 0) is 0 Å².